The third-order valence-electron chi connectivity index (χ3n) is 7.65. The number of fused-ring (bicyclic) bond motifs is 14. The first-order valence-corrected chi connectivity index (χ1v) is 16.0. The maximum absolute atomic E-state index is 13.8. The lowest BCUT2D eigenvalue weighted by Gasteiger charge is -2.22. The van der Waals surface area contributed by atoms with Crippen LogP contribution in [0.25, 0.3) is 0 Å². The number of carbonyl (C=O) groups excluding carboxylic acids is 3. The highest BCUT2D eigenvalue weighted by molar-refractivity contribution is 6.32. The van der Waals surface area contributed by atoms with Gasteiger partial charge in [0.15, 0.2) is 0 Å². The zero-order valence-corrected chi connectivity index (χ0v) is 26.9. The summed E-state index contributed by atoms with van der Waals surface area (Å²) in [5.41, 5.74) is 3.05. The summed E-state index contributed by atoms with van der Waals surface area (Å²) >= 11 is 6.46. The summed E-state index contributed by atoms with van der Waals surface area (Å²) in [4.78, 5) is 42.2. The van der Waals surface area contributed by atoms with Crippen molar-refractivity contribution in [3.63, 3.8) is 0 Å². The average Bonchev–Trinajstić information content (AvgIpc) is 3.66. The van der Waals surface area contributed by atoms with Crippen molar-refractivity contribution >= 4 is 29.3 Å². The minimum Gasteiger partial charge on any atom is -0.492 e. The van der Waals surface area contributed by atoms with Gasteiger partial charge >= 0.3 is 0 Å². The lowest BCUT2D eigenvalue weighted by molar-refractivity contribution is -0.122. The number of amides is 3. The third-order valence-corrected chi connectivity index (χ3v) is 7.94. The Hall–Kier alpha value is -4.71. The van der Waals surface area contributed by atoms with Gasteiger partial charge in [0, 0.05) is 50.8 Å². The van der Waals surface area contributed by atoms with Crippen molar-refractivity contribution in [1.29, 1.82) is 0 Å². The van der Waals surface area contributed by atoms with E-state index in [2.05, 4.69) is 33.0 Å². The second-order valence-electron chi connectivity index (χ2n) is 11.3. The first-order valence-electron chi connectivity index (χ1n) is 15.6. The maximum atomic E-state index is 13.8. The highest BCUT2D eigenvalue weighted by atomic mass is 35.5. The fraction of sp³-hybridized carbons (Fsp3) is 0.394. The normalized spacial score (nSPS) is 16.7. The first-order chi connectivity index (χ1) is 22.3. The lowest BCUT2D eigenvalue weighted by Crippen LogP contribution is -2.48. The number of aromatic nitrogens is 5. The van der Waals surface area contributed by atoms with Crippen molar-refractivity contribution in [3.8, 4) is 5.75 Å². The molecule has 46 heavy (non-hydrogen) atoms. The molecule has 6 rings (SSSR count). The predicted octanol–water partition coefficient (Wildman–Crippen LogP) is 3.82. The van der Waals surface area contributed by atoms with E-state index in [0.717, 1.165) is 18.5 Å². The van der Waals surface area contributed by atoms with Gasteiger partial charge in [-0.2, -0.15) is 5.10 Å². The molecule has 2 aromatic carbocycles. The van der Waals surface area contributed by atoms with Gasteiger partial charge in [-0.15, -0.1) is 5.10 Å². The van der Waals surface area contributed by atoms with Crippen LogP contribution in [-0.2, 0) is 30.8 Å². The molecule has 0 unspecified atom stereocenters. The summed E-state index contributed by atoms with van der Waals surface area (Å²) in [5, 5.41) is 19.2. The van der Waals surface area contributed by atoms with Crippen molar-refractivity contribution in [2.75, 3.05) is 19.7 Å². The van der Waals surface area contributed by atoms with E-state index in [-0.39, 0.29) is 18.4 Å². The topological polar surface area (TPSA) is 136 Å². The van der Waals surface area contributed by atoms with Crippen LogP contribution in [0.5, 0.6) is 5.75 Å². The van der Waals surface area contributed by atoms with Crippen LogP contribution in [0, 0.1) is 6.92 Å². The second-order valence-corrected chi connectivity index (χ2v) is 11.7. The van der Waals surface area contributed by atoms with Crippen LogP contribution in [0.4, 0.5) is 0 Å². The molecule has 0 radical (unpaired) electrons. The molecule has 0 aliphatic carbocycles. The van der Waals surface area contributed by atoms with Gasteiger partial charge in [-0.3, -0.25) is 23.7 Å². The Morgan fingerprint density at radius 2 is 1.91 bits per heavy atom. The molecule has 2 aromatic heterocycles. The molecule has 2 aliphatic heterocycles. The molecule has 2 aliphatic rings. The smallest absolute Gasteiger partial charge is 0.257 e. The molecule has 4 heterocycles. The molecule has 2 N–H and O–H groups in total. The molecule has 0 saturated heterocycles. The summed E-state index contributed by atoms with van der Waals surface area (Å²) in [6.07, 6.45) is 5.93. The molecule has 12 nitrogen and oxygen atoms in total. The fourth-order valence-electron chi connectivity index (χ4n) is 5.28. The number of nitrogens with one attached hydrogen (secondary N) is 2. The van der Waals surface area contributed by atoms with E-state index in [9.17, 15) is 14.4 Å². The van der Waals surface area contributed by atoms with Crippen molar-refractivity contribution in [2.24, 2.45) is 0 Å². The van der Waals surface area contributed by atoms with E-state index < -0.39 is 11.9 Å². The molecule has 4 bridgehead atoms. The van der Waals surface area contributed by atoms with Crippen molar-refractivity contribution in [1.82, 2.24) is 40.3 Å². The lowest BCUT2D eigenvalue weighted by atomic mass is 10.0. The standard InChI is InChI=1S/C33H39ClN8O4/c1-3-14-41-22-27(23(2)38-41)33(45)40-15-7-13-35-32(44)29(18-24-9-5-4-6-10-24)36-31(43)25-11-12-30(28(34)19-25)46-17-8-16-42-21-26(20-40)37-39-42/h4-6,9-12,19,21-22,29H,3,7-8,13-18,20H2,1-2H3,(H,35,44)(H,36,43)/t29-/m0/s1. The molecule has 242 valence electrons. The fourth-order valence-corrected chi connectivity index (χ4v) is 5.52. The van der Waals surface area contributed by atoms with E-state index in [1.807, 2.05) is 43.5 Å². The number of rotatable bonds is 5. The third kappa shape index (κ3) is 8.51. The van der Waals surface area contributed by atoms with Gasteiger partial charge in [0.05, 0.1) is 35.6 Å². The highest BCUT2D eigenvalue weighted by Gasteiger charge is 2.24. The van der Waals surface area contributed by atoms with Crippen LogP contribution in [0.3, 0.4) is 0 Å². The number of hydrogen-bond donors (Lipinski definition) is 2. The number of ether oxygens (including phenoxy) is 1. The van der Waals surface area contributed by atoms with Crippen molar-refractivity contribution in [2.45, 2.75) is 65.2 Å². The van der Waals surface area contributed by atoms with Gasteiger partial charge in [-0.25, -0.2) is 0 Å². The Kier molecular flexibility index (Phi) is 11.0. The number of hydrogen-bond acceptors (Lipinski definition) is 7. The number of carbonyl (C=O) groups is 3. The van der Waals surface area contributed by atoms with Crippen LogP contribution < -0.4 is 15.4 Å². The quantitative estimate of drug-likeness (QED) is 0.336. The molecule has 1 atom stereocenters. The van der Waals surface area contributed by atoms with Crippen molar-refractivity contribution < 1.29 is 19.1 Å². The zero-order valence-electron chi connectivity index (χ0n) is 26.1. The second kappa shape index (κ2) is 15.5. The minimum atomic E-state index is -0.835. The Morgan fingerprint density at radius 1 is 1.09 bits per heavy atom. The molecule has 3 amide bonds. The molecule has 13 heteroatoms. The van der Waals surface area contributed by atoms with Gasteiger partial charge < -0.3 is 20.3 Å². The summed E-state index contributed by atoms with van der Waals surface area (Å²) in [6.45, 7) is 6.42. The van der Waals surface area contributed by atoms with Gasteiger partial charge in [-0.05, 0) is 43.5 Å². The Balaban J connectivity index is 1.37. The van der Waals surface area contributed by atoms with Gasteiger partial charge in [0.25, 0.3) is 11.8 Å². The number of benzene rings is 2. The highest BCUT2D eigenvalue weighted by Crippen LogP contribution is 2.26. The molecule has 0 fully saturated rings. The Bertz CT molecular complexity index is 1650. The zero-order chi connectivity index (χ0) is 32.5. The van der Waals surface area contributed by atoms with Gasteiger partial charge in [0.2, 0.25) is 5.91 Å². The van der Waals surface area contributed by atoms with Crippen LogP contribution >= 0.6 is 11.6 Å². The molecule has 0 spiro atoms. The molecular weight excluding hydrogens is 608 g/mol. The summed E-state index contributed by atoms with van der Waals surface area (Å²) in [5.74, 6) is -0.462. The van der Waals surface area contributed by atoms with E-state index in [4.69, 9.17) is 16.3 Å². The Labute approximate surface area is 273 Å². The summed E-state index contributed by atoms with van der Waals surface area (Å²) < 4.78 is 9.38. The molecule has 0 saturated carbocycles. The predicted molar refractivity (Wildman–Crippen MR) is 173 cm³/mol. The van der Waals surface area contributed by atoms with E-state index in [0.29, 0.717) is 78.8 Å². The SMILES string of the molecule is CCCn1cc(C(=O)N2CCCNC(=O)[C@H](Cc3ccccc3)NC(=O)c3ccc(c(Cl)c3)OCCCn3cc(nn3)C2)c(C)n1. The van der Waals surface area contributed by atoms with Gasteiger partial charge in [0.1, 0.15) is 17.5 Å². The largest absolute Gasteiger partial charge is 0.492 e. The molecule has 4 aromatic rings. The minimum absolute atomic E-state index is 0.164. The van der Waals surface area contributed by atoms with E-state index in [1.165, 1.54) is 6.07 Å². The van der Waals surface area contributed by atoms with Gasteiger partial charge in [-0.1, -0.05) is 54.1 Å². The number of halogens is 1. The number of aryl methyl sites for hydroxylation is 3. The Morgan fingerprint density at radius 3 is 2.70 bits per heavy atom. The summed E-state index contributed by atoms with van der Waals surface area (Å²) in [7, 11) is 0. The molecular formula is C33H39ClN8O4. The first kappa shape index (κ1) is 32.7. The van der Waals surface area contributed by atoms with Crippen LogP contribution in [-0.4, -0.2) is 73.1 Å². The van der Waals surface area contributed by atoms with Crippen LogP contribution in [0.15, 0.2) is 60.9 Å². The average molecular weight is 647 g/mol. The monoisotopic (exact) mass is 646 g/mol. The van der Waals surface area contributed by atoms with Crippen LogP contribution in [0.2, 0.25) is 5.02 Å². The van der Waals surface area contributed by atoms with E-state index >= 15 is 0 Å². The van der Waals surface area contributed by atoms with E-state index in [1.54, 1.807) is 32.6 Å². The van der Waals surface area contributed by atoms with Crippen molar-refractivity contribution in [3.05, 3.63) is 94.0 Å². The maximum Gasteiger partial charge on any atom is 0.257 e. The van der Waals surface area contributed by atoms with Crippen LogP contribution in [0.1, 0.15) is 63.9 Å². The number of nitrogens with zero attached hydrogens (tertiary/aromatic N) is 6. The summed E-state index contributed by atoms with van der Waals surface area (Å²) in [6, 6.07) is 13.5.